The highest BCUT2D eigenvalue weighted by Crippen LogP contribution is 2.25. The summed E-state index contributed by atoms with van der Waals surface area (Å²) in [7, 11) is 1.87. The molecule has 3 amide bonds. The molecule has 0 aliphatic carbocycles. The summed E-state index contributed by atoms with van der Waals surface area (Å²) in [5.41, 5.74) is 2.40. The number of fused-ring (bicyclic) bond motifs is 1. The van der Waals surface area contributed by atoms with E-state index in [1.807, 2.05) is 11.9 Å². The first kappa shape index (κ1) is 24.7. The van der Waals surface area contributed by atoms with Crippen molar-refractivity contribution < 1.29 is 14.4 Å². The Morgan fingerprint density at radius 3 is 2.32 bits per heavy atom. The highest BCUT2D eigenvalue weighted by Gasteiger charge is 2.31. The van der Waals surface area contributed by atoms with Gasteiger partial charge in [-0.2, -0.15) is 5.10 Å². The fourth-order valence-electron chi connectivity index (χ4n) is 5.40. The average Bonchev–Trinajstić information content (AvgIpc) is 3.21. The maximum atomic E-state index is 13.1. The first-order valence-corrected chi connectivity index (χ1v) is 13.1. The van der Waals surface area contributed by atoms with Crippen molar-refractivity contribution in [1.29, 1.82) is 0 Å². The van der Waals surface area contributed by atoms with Crippen LogP contribution < -0.4 is 5.32 Å². The van der Waals surface area contributed by atoms with Crippen molar-refractivity contribution in [3.8, 4) is 0 Å². The van der Waals surface area contributed by atoms with Crippen LogP contribution in [0.5, 0.6) is 0 Å². The lowest BCUT2D eigenvalue weighted by Gasteiger charge is -2.29. The fraction of sp³-hybridized carbons (Fsp3) is 0.760. The molecule has 0 aromatic carbocycles. The zero-order valence-electron chi connectivity index (χ0n) is 20.7. The maximum absolute atomic E-state index is 13.1. The molecule has 9 nitrogen and oxygen atoms in total. The SMILES string of the molecule is Cn1nc(C(=O)N2CCCCC2)c2c1CCN(C(=O)CCC(=O)NCCCN1CCCCC1)C2. The summed E-state index contributed by atoms with van der Waals surface area (Å²) in [6.07, 6.45) is 9.15. The molecule has 4 rings (SSSR count). The number of carbonyl (C=O) groups is 3. The van der Waals surface area contributed by atoms with Crippen molar-refractivity contribution >= 4 is 17.7 Å². The van der Waals surface area contributed by atoms with Gasteiger partial charge in [0.25, 0.3) is 5.91 Å². The molecule has 0 bridgehead atoms. The van der Waals surface area contributed by atoms with Gasteiger partial charge in [0.1, 0.15) is 0 Å². The summed E-state index contributed by atoms with van der Waals surface area (Å²) in [4.78, 5) is 44.3. The molecule has 4 heterocycles. The standard InChI is InChI=1S/C25H40N6O3/c1-28-21-11-18-31(19-20(21)24(27-28)25(34)30-16-6-3-7-17-30)23(33)10-9-22(32)26-12-8-15-29-13-4-2-5-14-29/h2-19H2,1H3,(H,26,32). The predicted octanol–water partition coefficient (Wildman–Crippen LogP) is 1.70. The Morgan fingerprint density at radius 1 is 0.882 bits per heavy atom. The second kappa shape index (κ2) is 11.8. The normalized spacial score (nSPS) is 19.1. The monoisotopic (exact) mass is 472 g/mol. The molecule has 0 spiro atoms. The lowest BCUT2D eigenvalue weighted by Crippen LogP contribution is -2.39. The topological polar surface area (TPSA) is 90.8 Å². The first-order chi connectivity index (χ1) is 16.5. The molecule has 1 aromatic heterocycles. The summed E-state index contributed by atoms with van der Waals surface area (Å²) in [5.74, 6) is -0.115. The molecule has 0 radical (unpaired) electrons. The van der Waals surface area contributed by atoms with Gasteiger partial charge in [-0.15, -0.1) is 0 Å². The van der Waals surface area contributed by atoms with Gasteiger partial charge in [-0.05, 0) is 58.2 Å². The number of likely N-dealkylation sites (tertiary alicyclic amines) is 2. The molecule has 34 heavy (non-hydrogen) atoms. The summed E-state index contributed by atoms with van der Waals surface area (Å²) in [5, 5.41) is 7.49. The third-order valence-corrected chi connectivity index (χ3v) is 7.43. The second-order valence-corrected chi connectivity index (χ2v) is 9.92. The van der Waals surface area contributed by atoms with Crippen LogP contribution >= 0.6 is 0 Å². The fourth-order valence-corrected chi connectivity index (χ4v) is 5.40. The summed E-state index contributed by atoms with van der Waals surface area (Å²) in [6, 6.07) is 0. The lowest BCUT2D eigenvalue weighted by molar-refractivity contribution is -0.134. The van der Waals surface area contributed by atoms with E-state index >= 15 is 0 Å². The Balaban J connectivity index is 1.23. The molecule has 3 aliphatic rings. The Morgan fingerprint density at radius 2 is 1.59 bits per heavy atom. The summed E-state index contributed by atoms with van der Waals surface area (Å²) >= 11 is 0. The van der Waals surface area contributed by atoms with Crippen LogP contribution in [0.3, 0.4) is 0 Å². The van der Waals surface area contributed by atoms with E-state index in [9.17, 15) is 14.4 Å². The van der Waals surface area contributed by atoms with Crippen LogP contribution in [0.1, 0.15) is 79.5 Å². The van der Waals surface area contributed by atoms with Gasteiger partial charge in [-0.3, -0.25) is 19.1 Å². The third kappa shape index (κ3) is 6.17. The lowest BCUT2D eigenvalue weighted by atomic mass is 10.0. The predicted molar refractivity (Wildman–Crippen MR) is 129 cm³/mol. The second-order valence-electron chi connectivity index (χ2n) is 9.92. The van der Waals surface area contributed by atoms with Crippen LogP contribution in [0.2, 0.25) is 0 Å². The highest BCUT2D eigenvalue weighted by atomic mass is 16.2. The quantitative estimate of drug-likeness (QED) is 0.582. The number of nitrogens with one attached hydrogen (secondary N) is 1. The van der Waals surface area contributed by atoms with E-state index in [2.05, 4.69) is 15.3 Å². The van der Waals surface area contributed by atoms with Crippen LogP contribution in [0.25, 0.3) is 0 Å². The number of amides is 3. The molecule has 188 valence electrons. The number of carbonyl (C=O) groups excluding carboxylic acids is 3. The van der Waals surface area contributed by atoms with E-state index in [-0.39, 0.29) is 30.6 Å². The molecule has 2 fully saturated rings. The Bertz CT molecular complexity index is 870. The molecule has 3 aliphatic heterocycles. The van der Waals surface area contributed by atoms with Crippen LogP contribution in [0, 0.1) is 0 Å². The molecule has 0 unspecified atom stereocenters. The zero-order chi connectivity index (χ0) is 23.9. The minimum Gasteiger partial charge on any atom is -0.356 e. The van der Waals surface area contributed by atoms with Crippen molar-refractivity contribution in [3.05, 3.63) is 17.0 Å². The van der Waals surface area contributed by atoms with Gasteiger partial charge in [-0.1, -0.05) is 6.42 Å². The number of rotatable bonds is 8. The van der Waals surface area contributed by atoms with Gasteiger partial charge in [-0.25, -0.2) is 0 Å². The molecule has 0 atom stereocenters. The molecule has 1 N–H and O–H groups in total. The molecular weight excluding hydrogens is 432 g/mol. The molecule has 1 aromatic rings. The van der Waals surface area contributed by atoms with Gasteiger partial charge < -0.3 is 20.0 Å². The molecular formula is C25H40N6O3. The first-order valence-electron chi connectivity index (χ1n) is 13.1. The van der Waals surface area contributed by atoms with Crippen LogP contribution in [-0.4, -0.2) is 88.0 Å². The Kier molecular flexibility index (Phi) is 8.59. The largest absolute Gasteiger partial charge is 0.356 e. The maximum Gasteiger partial charge on any atom is 0.274 e. The van der Waals surface area contributed by atoms with Gasteiger partial charge in [0.2, 0.25) is 11.8 Å². The van der Waals surface area contributed by atoms with Crippen molar-refractivity contribution in [2.75, 3.05) is 45.8 Å². The number of nitrogens with zero attached hydrogens (tertiary/aromatic N) is 5. The smallest absolute Gasteiger partial charge is 0.274 e. The summed E-state index contributed by atoms with van der Waals surface area (Å²) in [6.45, 7) is 6.58. The van der Waals surface area contributed by atoms with Gasteiger partial charge in [0, 0.05) is 70.3 Å². The number of hydrogen-bond donors (Lipinski definition) is 1. The average molecular weight is 473 g/mol. The summed E-state index contributed by atoms with van der Waals surface area (Å²) < 4.78 is 1.80. The molecule has 2 saturated heterocycles. The van der Waals surface area contributed by atoms with E-state index in [4.69, 9.17) is 0 Å². The minimum absolute atomic E-state index is 0.0187. The van der Waals surface area contributed by atoms with E-state index in [1.165, 1.54) is 38.8 Å². The number of hydrogen-bond acceptors (Lipinski definition) is 5. The molecule has 0 saturated carbocycles. The van der Waals surface area contributed by atoms with Crippen molar-refractivity contribution in [2.24, 2.45) is 7.05 Å². The zero-order valence-corrected chi connectivity index (χ0v) is 20.7. The third-order valence-electron chi connectivity index (χ3n) is 7.43. The minimum atomic E-state index is -0.0629. The van der Waals surface area contributed by atoms with E-state index in [0.29, 0.717) is 31.7 Å². The highest BCUT2D eigenvalue weighted by molar-refractivity contribution is 5.94. The van der Waals surface area contributed by atoms with E-state index < -0.39 is 0 Å². The van der Waals surface area contributed by atoms with E-state index in [0.717, 1.165) is 50.2 Å². The molecule has 9 heteroatoms. The van der Waals surface area contributed by atoms with E-state index in [1.54, 1.807) is 9.58 Å². The Hall–Kier alpha value is -2.42. The van der Waals surface area contributed by atoms with Crippen LogP contribution in [-0.2, 0) is 29.6 Å². The van der Waals surface area contributed by atoms with Crippen LogP contribution in [0.4, 0.5) is 0 Å². The van der Waals surface area contributed by atoms with Crippen molar-refractivity contribution in [3.63, 3.8) is 0 Å². The van der Waals surface area contributed by atoms with Gasteiger partial charge in [0.05, 0.1) is 0 Å². The van der Waals surface area contributed by atoms with Gasteiger partial charge >= 0.3 is 0 Å². The number of aryl methyl sites for hydroxylation is 1. The van der Waals surface area contributed by atoms with Crippen LogP contribution in [0.15, 0.2) is 0 Å². The van der Waals surface area contributed by atoms with Crippen molar-refractivity contribution in [2.45, 2.75) is 70.8 Å². The number of aromatic nitrogens is 2. The van der Waals surface area contributed by atoms with Gasteiger partial charge in [0.15, 0.2) is 5.69 Å². The van der Waals surface area contributed by atoms with Crippen molar-refractivity contribution in [1.82, 2.24) is 29.8 Å². The number of piperidine rings is 2. The Labute approximate surface area is 202 Å².